The van der Waals surface area contributed by atoms with Gasteiger partial charge in [0.1, 0.15) is 0 Å². The van der Waals surface area contributed by atoms with Crippen LogP contribution in [-0.4, -0.2) is 18.1 Å². The Balaban J connectivity index is 2.22. The molecule has 0 aromatic heterocycles. The Morgan fingerprint density at radius 1 is 1.28 bits per heavy atom. The lowest BCUT2D eigenvalue weighted by atomic mass is 10.0. The normalized spacial score (nSPS) is 18.6. The second-order valence-corrected chi connectivity index (χ2v) is 6.23. The number of hydrogen-bond acceptors (Lipinski definition) is 2. The zero-order valence-corrected chi connectivity index (χ0v) is 12.2. The molecule has 1 aliphatic heterocycles. The minimum Gasteiger partial charge on any atom is -0.366 e. The maximum atomic E-state index is 3.53. The van der Waals surface area contributed by atoms with Crippen molar-refractivity contribution in [1.82, 2.24) is 5.32 Å². The van der Waals surface area contributed by atoms with Crippen LogP contribution in [0.3, 0.4) is 0 Å². The van der Waals surface area contributed by atoms with Crippen LogP contribution in [0.1, 0.15) is 46.1 Å². The van der Waals surface area contributed by atoms with E-state index in [2.05, 4.69) is 62.2 Å². The summed E-state index contributed by atoms with van der Waals surface area (Å²) in [7, 11) is 0. The molecule has 1 N–H and O–H groups in total. The van der Waals surface area contributed by atoms with Crippen LogP contribution in [0.25, 0.3) is 0 Å². The van der Waals surface area contributed by atoms with E-state index < -0.39 is 0 Å². The molecule has 0 amide bonds. The van der Waals surface area contributed by atoms with Gasteiger partial charge in [0.05, 0.1) is 0 Å². The maximum Gasteiger partial charge on any atom is 0.0416 e. The molecule has 1 aromatic carbocycles. The molecule has 2 heteroatoms. The molecular formula is C16H26N2. The lowest BCUT2D eigenvalue weighted by Gasteiger charge is -2.35. The smallest absolute Gasteiger partial charge is 0.0416 e. The van der Waals surface area contributed by atoms with Crippen LogP contribution >= 0.6 is 0 Å². The van der Waals surface area contributed by atoms with Crippen LogP contribution in [-0.2, 0) is 6.54 Å². The fourth-order valence-corrected chi connectivity index (χ4v) is 2.79. The predicted octanol–water partition coefficient (Wildman–Crippen LogP) is 3.56. The van der Waals surface area contributed by atoms with Gasteiger partial charge in [0, 0.05) is 30.4 Å². The summed E-state index contributed by atoms with van der Waals surface area (Å²) in [5, 5.41) is 3.53. The Labute approximate surface area is 111 Å². The zero-order valence-electron chi connectivity index (χ0n) is 12.2. The molecule has 0 radical (unpaired) electrons. The molecular weight excluding hydrogens is 220 g/mol. The van der Waals surface area contributed by atoms with Gasteiger partial charge in [-0.15, -0.1) is 0 Å². The highest BCUT2D eigenvalue weighted by Gasteiger charge is 2.32. The topological polar surface area (TPSA) is 15.3 Å². The summed E-state index contributed by atoms with van der Waals surface area (Å²) >= 11 is 0. The summed E-state index contributed by atoms with van der Waals surface area (Å²) in [5.74, 6) is 0. The Kier molecular flexibility index (Phi) is 3.96. The molecule has 18 heavy (non-hydrogen) atoms. The molecule has 1 aromatic rings. The Bertz CT molecular complexity index is 396. The molecule has 0 unspecified atom stereocenters. The third kappa shape index (κ3) is 2.86. The SMILES string of the molecule is CC(C)NCc1ccccc1N1CCCC1(C)C. The number of anilines is 1. The van der Waals surface area contributed by atoms with Gasteiger partial charge < -0.3 is 10.2 Å². The van der Waals surface area contributed by atoms with Crippen molar-refractivity contribution in [3.05, 3.63) is 29.8 Å². The van der Waals surface area contributed by atoms with Gasteiger partial charge in [-0.3, -0.25) is 0 Å². The van der Waals surface area contributed by atoms with Crippen LogP contribution in [0.15, 0.2) is 24.3 Å². The van der Waals surface area contributed by atoms with E-state index in [1.54, 1.807) is 0 Å². The summed E-state index contributed by atoms with van der Waals surface area (Å²) in [5.41, 5.74) is 3.13. The standard InChI is InChI=1S/C16H26N2/c1-13(2)17-12-14-8-5-6-9-15(14)18-11-7-10-16(18,3)4/h5-6,8-9,13,17H,7,10-12H2,1-4H3. The van der Waals surface area contributed by atoms with Gasteiger partial charge in [0.25, 0.3) is 0 Å². The molecule has 1 fully saturated rings. The molecule has 0 aliphatic carbocycles. The highest BCUT2D eigenvalue weighted by molar-refractivity contribution is 5.56. The van der Waals surface area contributed by atoms with Crippen molar-refractivity contribution in [2.45, 2.75) is 58.7 Å². The molecule has 2 nitrogen and oxygen atoms in total. The van der Waals surface area contributed by atoms with Crippen LogP contribution in [0.2, 0.25) is 0 Å². The minimum absolute atomic E-state index is 0.300. The summed E-state index contributed by atoms with van der Waals surface area (Å²) in [4.78, 5) is 2.57. The predicted molar refractivity (Wildman–Crippen MR) is 79.1 cm³/mol. The van der Waals surface area contributed by atoms with E-state index in [0.29, 0.717) is 11.6 Å². The molecule has 100 valence electrons. The molecule has 1 aliphatic rings. The number of nitrogens with zero attached hydrogens (tertiary/aromatic N) is 1. The van der Waals surface area contributed by atoms with Gasteiger partial charge in [-0.2, -0.15) is 0 Å². The second-order valence-electron chi connectivity index (χ2n) is 6.23. The van der Waals surface area contributed by atoms with E-state index in [-0.39, 0.29) is 0 Å². The number of hydrogen-bond donors (Lipinski definition) is 1. The van der Waals surface area contributed by atoms with Crippen LogP contribution in [0.5, 0.6) is 0 Å². The van der Waals surface area contributed by atoms with E-state index in [0.717, 1.165) is 6.54 Å². The Morgan fingerprint density at radius 3 is 2.61 bits per heavy atom. The van der Waals surface area contributed by atoms with Crippen molar-refractivity contribution < 1.29 is 0 Å². The minimum atomic E-state index is 0.300. The van der Waals surface area contributed by atoms with Gasteiger partial charge in [0.15, 0.2) is 0 Å². The van der Waals surface area contributed by atoms with Gasteiger partial charge in [-0.05, 0) is 38.3 Å². The molecule has 1 saturated heterocycles. The summed E-state index contributed by atoms with van der Waals surface area (Å²) < 4.78 is 0. The van der Waals surface area contributed by atoms with Gasteiger partial charge in [-0.1, -0.05) is 32.0 Å². The average molecular weight is 246 g/mol. The number of nitrogens with one attached hydrogen (secondary N) is 1. The third-order valence-electron chi connectivity index (χ3n) is 3.88. The zero-order chi connectivity index (χ0) is 13.2. The van der Waals surface area contributed by atoms with Crippen molar-refractivity contribution in [1.29, 1.82) is 0 Å². The summed E-state index contributed by atoms with van der Waals surface area (Å²) in [6.45, 7) is 11.2. The third-order valence-corrected chi connectivity index (χ3v) is 3.88. The second kappa shape index (κ2) is 5.31. The van der Waals surface area contributed by atoms with Crippen molar-refractivity contribution in [3.8, 4) is 0 Å². The largest absolute Gasteiger partial charge is 0.366 e. The van der Waals surface area contributed by atoms with Gasteiger partial charge >= 0.3 is 0 Å². The number of benzene rings is 1. The van der Waals surface area contributed by atoms with Gasteiger partial charge in [-0.25, -0.2) is 0 Å². The van der Waals surface area contributed by atoms with Gasteiger partial charge in [0.2, 0.25) is 0 Å². The van der Waals surface area contributed by atoms with E-state index in [9.17, 15) is 0 Å². The van der Waals surface area contributed by atoms with Crippen LogP contribution in [0.4, 0.5) is 5.69 Å². The van der Waals surface area contributed by atoms with E-state index >= 15 is 0 Å². The number of rotatable bonds is 4. The highest BCUT2D eigenvalue weighted by atomic mass is 15.2. The molecule has 0 atom stereocenters. The first kappa shape index (κ1) is 13.4. The Morgan fingerprint density at radius 2 is 2.00 bits per heavy atom. The van der Waals surface area contributed by atoms with Crippen LogP contribution < -0.4 is 10.2 Å². The first-order chi connectivity index (χ1) is 8.50. The molecule has 2 rings (SSSR count). The van der Waals surface area contributed by atoms with E-state index in [4.69, 9.17) is 0 Å². The van der Waals surface area contributed by atoms with Crippen molar-refractivity contribution >= 4 is 5.69 Å². The van der Waals surface area contributed by atoms with Crippen molar-refractivity contribution in [3.63, 3.8) is 0 Å². The van der Waals surface area contributed by atoms with Crippen LogP contribution in [0, 0.1) is 0 Å². The fraction of sp³-hybridized carbons (Fsp3) is 0.625. The summed E-state index contributed by atoms with van der Waals surface area (Å²) in [6, 6.07) is 9.35. The first-order valence-electron chi connectivity index (χ1n) is 7.09. The Hall–Kier alpha value is -1.02. The fourth-order valence-electron chi connectivity index (χ4n) is 2.79. The first-order valence-corrected chi connectivity index (χ1v) is 7.09. The van der Waals surface area contributed by atoms with Crippen molar-refractivity contribution in [2.75, 3.05) is 11.4 Å². The number of para-hydroxylation sites is 1. The average Bonchev–Trinajstić information content (AvgIpc) is 2.66. The molecule has 1 heterocycles. The molecule has 0 spiro atoms. The van der Waals surface area contributed by atoms with E-state index in [1.807, 2.05) is 0 Å². The highest BCUT2D eigenvalue weighted by Crippen LogP contribution is 2.35. The lowest BCUT2D eigenvalue weighted by molar-refractivity contribution is 0.514. The summed E-state index contributed by atoms with van der Waals surface area (Å²) in [6.07, 6.45) is 2.60. The maximum absolute atomic E-state index is 3.53. The molecule has 0 bridgehead atoms. The molecule has 0 saturated carbocycles. The lowest BCUT2D eigenvalue weighted by Crippen LogP contribution is -2.39. The van der Waals surface area contributed by atoms with E-state index in [1.165, 1.54) is 30.6 Å². The monoisotopic (exact) mass is 246 g/mol. The quantitative estimate of drug-likeness (QED) is 0.874. The van der Waals surface area contributed by atoms with Crippen molar-refractivity contribution in [2.24, 2.45) is 0 Å².